The molecule has 0 atom stereocenters. The van der Waals surface area contributed by atoms with Crippen LogP contribution < -0.4 is 0 Å². The van der Waals surface area contributed by atoms with Crippen molar-refractivity contribution in [2.75, 3.05) is 26.2 Å². The highest BCUT2D eigenvalue weighted by Crippen LogP contribution is 2.22. The molecule has 0 aliphatic carbocycles. The van der Waals surface area contributed by atoms with Crippen LogP contribution in [0.15, 0.2) is 18.2 Å². The van der Waals surface area contributed by atoms with E-state index in [2.05, 4.69) is 4.90 Å². The van der Waals surface area contributed by atoms with Crippen LogP contribution in [0.3, 0.4) is 0 Å². The van der Waals surface area contributed by atoms with Gasteiger partial charge in [-0.25, -0.2) is 0 Å². The first-order valence-electron chi connectivity index (χ1n) is 6.41. The van der Waals surface area contributed by atoms with E-state index in [1.807, 2.05) is 0 Å². The van der Waals surface area contributed by atoms with E-state index in [1.165, 1.54) is 0 Å². The number of rotatable bonds is 4. The highest BCUT2D eigenvalue weighted by Gasteiger charge is 2.21. The molecule has 0 saturated carbocycles. The van der Waals surface area contributed by atoms with Crippen LogP contribution in [0.4, 0.5) is 0 Å². The summed E-state index contributed by atoms with van der Waals surface area (Å²) in [7, 11) is 0. The molecule has 104 valence electrons. The lowest BCUT2D eigenvalue weighted by Gasteiger charge is -2.30. The van der Waals surface area contributed by atoms with Gasteiger partial charge in [-0.2, -0.15) is 0 Å². The van der Waals surface area contributed by atoms with Crippen LogP contribution in [0, 0.1) is 5.92 Å². The number of halogens is 2. The molecule has 19 heavy (non-hydrogen) atoms. The molecule has 1 aliphatic heterocycles. The molecule has 1 aromatic rings. The zero-order valence-corrected chi connectivity index (χ0v) is 12.1. The fourth-order valence-electron chi connectivity index (χ4n) is 2.33. The second-order valence-electron chi connectivity index (χ2n) is 4.95. The maximum absolute atomic E-state index is 12.2. The molecule has 1 aromatic carbocycles. The van der Waals surface area contributed by atoms with Crippen LogP contribution in [-0.2, 0) is 0 Å². The quantitative estimate of drug-likeness (QED) is 0.870. The number of Topliss-reactive ketones (excluding diaryl/α,β-unsaturated/α-hetero) is 1. The van der Waals surface area contributed by atoms with Crippen molar-refractivity contribution in [2.24, 2.45) is 5.92 Å². The molecule has 0 amide bonds. The van der Waals surface area contributed by atoms with Gasteiger partial charge in [0.1, 0.15) is 0 Å². The fourth-order valence-corrected chi connectivity index (χ4v) is 2.84. The lowest BCUT2D eigenvalue weighted by molar-refractivity contribution is 0.0864. The highest BCUT2D eigenvalue weighted by molar-refractivity contribution is 6.36. The van der Waals surface area contributed by atoms with Crippen molar-refractivity contribution in [2.45, 2.75) is 12.8 Å². The predicted molar refractivity (Wildman–Crippen MR) is 77.0 cm³/mol. The van der Waals surface area contributed by atoms with E-state index in [0.717, 1.165) is 25.9 Å². The predicted octanol–water partition coefficient (Wildman–Crippen LogP) is 2.88. The summed E-state index contributed by atoms with van der Waals surface area (Å²) in [6.07, 6.45) is 1.89. The average Bonchev–Trinajstić information content (AvgIpc) is 2.39. The van der Waals surface area contributed by atoms with E-state index in [1.54, 1.807) is 18.2 Å². The van der Waals surface area contributed by atoms with Gasteiger partial charge < -0.3 is 5.11 Å². The average molecular weight is 302 g/mol. The summed E-state index contributed by atoms with van der Waals surface area (Å²) in [6.45, 7) is 2.31. The molecule has 0 aromatic heterocycles. The van der Waals surface area contributed by atoms with Crippen molar-refractivity contribution in [3.05, 3.63) is 33.8 Å². The molecule has 2 rings (SSSR count). The Hall–Kier alpha value is -0.610. The van der Waals surface area contributed by atoms with Crippen molar-refractivity contribution >= 4 is 29.0 Å². The summed E-state index contributed by atoms with van der Waals surface area (Å²) < 4.78 is 0. The molecular weight excluding hydrogens is 285 g/mol. The number of carbonyl (C=O) groups is 1. The van der Waals surface area contributed by atoms with E-state index >= 15 is 0 Å². The lowest BCUT2D eigenvalue weighted by Crippen LogP contribution is -2.38. The number of carbonyl (C=O) groups excluding carboxylic acids is 1. The van der Waals surface area contributed by atoms with Crippen LogP contribution in [0.5, 0.6) is 0 Å². The number of hydrogen-bond donors (Lipinski definition) is 1. The number of piperidine rings is 1. The number of ketones is 1. The molecular formula is C14H17Cl2NO2. The van der Waals surface area contributed by atoms with Crippen molar-refractivity contribution in [1.29, 1.82) is 0 Å². The number of benzene rings is 1. The van der Waals surface area contributed by atoms with E-state index in [9.17, 15) is 4.79 Å². The minimum atomic E-state index is 0.0177. The third-order valence-corrected chi connectivity index (χ3v) is 4.11. The molecule has 1 saturated heterocycles. The minimum absolute atomic E-state index is 0.0177. The number of aliphatic hydroxyl groups excluding tert-OH is 1. The molecule has 0 unspecified atom stereocenters. The lowest BCUT2D eigenvalue weighted by atomic mass is 9.97. The smallest absolute Gasteiger partial charge is 0.178 e. The van der Waals surface area contributed by atoms with Crippen LogP contribution in [0.1, 0.15) is 23.2 Å². The summed E-state index contributed by atoms with van der Waals surface area (Å²) in [6, 6.07) is 4.94. The monoisotopic (exact) mass is 301 g/mol. The largest absolute Gasteiger partial charge is 0.396 e. The van der Waals surface area contributed by atoms with Crippen LogP contribution in [-0.4, -0.2) is 42.0 Å². The van der Waals surface area contributed by atoms with Gasteiger partial charge in [0.25, 0.3) is 0 Å². The SMILES string of the molecule is O=C(CN1CCC(CO)CC1)c1ccc(Cl)cc1Cl. The van der Waals surface area contributed by atoms with Crippen LogP contribution in [0.2, 0.25) is 10.0 Å². The molecule has 1 N–H and O–H groups in total. The molecule has 1 aliphatic rings. The number of likely N-dealkylation sites (tertiary alicyclic amines) is 1. The van der Waals surface area contributed by atoms with Gasteiger partial charge >= 0.3 is 0 Å². The Bertz CT molecular complexity index is 457. The van der Waals surface area contributed by atoms with Gasteiger partial charge in [-0.1, -0.05) is 23.2 Å². The second kappa shape index (κ2) is 6.71. The Morgan fingerprint density at radius 2 is 2.00 bits per heavy atom. The summed E-state index contributed by atoms with van der Waals surface area (Å²) in [5.41, 5.74) is 0.523. The molecule has 3 nitrogen and oxygen atoms in total. The van der Waals surface area contributed by atoms with Gasteiger partial charge in [-0.3, -0.25) is 9.69 Å². The Labute approximate surface area is 123 Å². The first kappa shape index (κ1) is 14.8. The molecule has 1 heterocycles. The molecule has 0 radical (unpaired) electrons. The maximum atomic E-state index is 12.2. The highest BCUT2D eigenvalue weighted by atomic mass is 35.5. The van der Waals surface area contributed by atoms with Crippen molar-refractivity contribution in [3.8, 4) is 0 Å². The third-order valence-electron chi connectivity index (χ3n) is 3.56. The van der Waals surface area contributed by atoms with E-state index in [4.69, 9.17) is 28.3 Å². The Kier molecular flexibility index (Phi) is 5.22. The zero-order chi connectivity index (χ0) is 13.8. The van der Waals surface area contributed by atoms with Crippen molar-refractivity contribution in [3.63, 3.8) is 0 Å². The van der Waals surface area contributed by atoms with Crippen molar-refractivity contribution in [1.82, 2.24) is 4.90 Å². The fraction of sp³-hybridized carbons (Fsp3) is 0.500. The maximum Gasteiger partial charge on any atom is 0.178 e. The topological polar surface area (TPSA) is 40.5 Å². The van der Waals surface area contributed by atoms with E-state index in [-0.39, 0.29) is 12.4 Å². The van der Waals surface area contributed by atoms with Gasteiger partial charge in [0.2, 0.25) is 0 Å². The third kappa shape index (κ3) is 3.93. The van der Waals surface area contributed by atoms with Gasteiger partial charge in [-0.05, 0) is 50.0 Å². The number of hydrogen-bond acceptors (Lipinski definition) is 3. The van der Waals surface area contributed by atoms with Crippen LogP contribution in [0.25, 0.3) is 0 Å². The van der Waals surface area contributed by atoms with E-state index < -0.39 is 0 Å². The minimum Gasteiger partial charge on any atom is -0.396 e. The van der Waals surface area contributed by atoms with Crippen LogP contribution >= 0.6 is 23.2 Å². The van der Waals surface area contributed by atoms with Gasteiger partial charge in [0.05, 0.1) is 11.6 Å². The summed E-state index contributed by atoms with van der Waals surface area (Å²) in [4.78, 5) is 14.3. The first-order chi connectivity index (χ1) is 9.10. The van der Waals surface area contributed by atoms with Gasteiger partial charge in [0.15, 0.2) is 5.78 Å². The van der Waals surface area contributed by atoms with Crippen molar-refractivity contribution < 1.29 is 9.90 Å². The molecule has 0 bridgehead atoms. The summed E-state index contributed by atoms with van der Waals surface area (Å²) in [5.74, 6) is 0.398. The number of aliphatic hydroxyl groups is 1. The van der Waals surface area contributed by atoms with Gasteiger partial charge in [-0.15, -0.1) is 0 Å². The zero-order valence-electron chi connectivity index (χ0n) is 10.6. The first-order valence-corrected chi connectivity index (χ1v) is 7.17. The summed E-state index contributed by atoms with van der Waals surface area (Å²) in [5, 5.41) is 10.0. The Morgan fingerprint density at radius 1 is 1.32 bits per heavy atom. The Morgan fingerprint density at radius 3 is 2.58 bits per heavy atom. The standard InChI is InChI=1S/C14H17Cl2NO2/c15-11-1-2-12(13(16)7-11)14(19)8-17-5-3-10(9-18)4-6-17/h1-2,7,10,18H,3-6,8-9H2. The van der Waals surface area contributed by atoms with Gasteiger partial charge in [0, 0.05) is 17.2 Å². The second-order valence-corrected chi connectivity index (χ2v) is 5.79. The molecule has 5 heteroatoms. The van der Waals surface area contributed by atoms with E-state index in [0.29, 0.717) is 28.1 Å². The number of nitrogens with zero attached hydrogens (tertiary/aromatic N) is 1. The normalized spacial score (nSPS) is 17.6. The Balaban J connectivity index is 1.94. The molecule has 1 fully saturated rings. The summed E-state index contributed by atoms with van der Waals surface area (Å²) >= 11 is 11.8. The molecule has 0 spiro atoms.